The second-order valence-corrected chi connectivity index (χ2v) is 9.50. The Balaban J connectivity index is 1.22. The molecule has 3 amide bonds. The lowest BCUT2D eigenvalue weighted by molar-refractivity contribution is -0.136. The van der Waals surface area contributed by atoms with Crippen molar-refractivity contribution in [2.24, 2.45) is 0 Å². The second-order valence-electron chi connectivity index (χ2n) is 9.07. The van der Waals surface area contributed by atoms with E-state index in [0.717, 1.165) is 36.6 Å². The first-order chi connectivity index (χ1) is 16.4. The molecule has 178 valence electrons. The predicted molar refractivity (Wildman–Crippen MR) is 126 cm³/mol. The summed E-state index contributed by atoms with van der Waals surface area (Å²) in [4.78, 5) is 42.4. The lowest BCUT2D eigenvalue weighted by Gasteiger charge is -2.36. The lowest BCUT2D eigenvalue weighted by atomic mass is 10.0. The summed E-state index contributed by atoms with van der Waals surface area (Å²) in [5.41, 5.74) is 2.75. The van der Waals surface area contributed by atoms with Crippen LogP contribution >= 0.6 is 11.6 Å². The van der Waals surface area contributed by atoms with Crippen LogP contribution in [0.15, 0.2) is 36.4 Å². The average molecular weight is 485 g/mol. The third-order valence-electron chi connectivity index (χ3n) is 6.93. The summed E-state index contributed by atoms with van der Waals surface area (Å²) in [7, 11) is 0. The molecule has 5 rings (SSSR count). The van der Waals surface area contributed by atoms with Gasteiger partial charge in [0.15, 0.2) is 0 Å². The van der Waals surface area contributed by atoms with E-state index in [9.17, 15) is 14.4 Å². The number of halogens is 2. The fourth-order valence-electron chi connectivity index (χ4n) is 4.97. The smallest absolute Gasteiger partial charge is 0.255 e. The molecule has 3 aliphatic heterocycles. The molecular formula is C25H26ClFN4O3. The van der Waals surface area contributed by atoms with Crippen molar-refractivity contribution in [3.05, 3.63) is 63.9 Å². The molecule has 1 unspecified atom stereocenters. The highest BCUT2D eigenvalue weighted by molar-refractivity contribution is 6.30. The number of nitrogens with zero attached hydrogens (tertiary/aromatic N) is 3. The summed E-state index contributed by atoms with van der Waals surface area (Å²) >= 11 is 5.95. The van der Waals surface area contributed by atoms with Gasteiger partial charge in [0.25, 0.3) is 5.91 Å². The van der Waals surface area contributed by atoms with Gasteiger partial charge in [0.1, 0.15) is 11.9 Å². The molecule has 2 saturated heterocycles. The van der Waals surface area contributed by atoms with Gasteiger partial charge in [0, 0.05) is 56.3 Å². The van der Waals surface area contributed by atoms with E-state index in [4.69, 9.17) is 11.6 Å². The summed E-state index contributed by atoms with van der Waals surface area (Å²) in [5, 5.41) is 3.02. The summed E-state index contributed by atoms with van der Waals surface area (Å²) in [6.45, 7) is 4.21. The van der Waals surface area contributed by atoms with E-state index in [-0.39, 0.29) is 31.2 Å². The Morgan fingerprint density at radius 3 is 2.47 bits per heavy atom. The Bertz CT molecular complexity index is 1130. The molecule has 0 saturated carbocycles. The monoisotopic (exact) mass is 484 g/mol. The highest BCUT2D eigenvalue weighted by Gasteiger charge is 2.39. The summed E-state index contributed by atoms with van der Waals surface area (Å²) in [6, 6.07) is 10.2. The van der Waals surface area contributed by atoms with Crippen LogP contribution in [-0.2, 0) is 22.6 Å². The first-order valence-corrected chi connectivity index (χ1v) is 12.0. The van der Waals surface area contributed by atoms with Crippen LogP contribution < -0.4 is 10.2 Å². The largest absolute Gasteiger partial charge is 0.367 e. The average Bonchev–Trinajstić information content (AvgIpc) is 3.14. The Morgan fingerprint density at radius 2 is 1.76 bits per heavy atom. The molecule has 0 aromatic heterocycles. The highest BCUT2D eigenvalue weighted by atomic mass is 35.5. The number of hydrogen-bond acceptors (Lipinski definition) is 5. The fourth-order valence-corrected chi connectivity index (χ4v) is 5.10. The van der Waals surface area contributed by atoms with Gasteiger partial charge in [-0.25, -0.2) is 4.39 Å². The van der Waals surface area contributed by atoms with E-state index < -0.39 is 17.8 Å². The molecule has 1 N–H and O–H groups in total. The molecule has 2 aromatic rings. The van der Waals surface area contributed by atoms with Crippen molar-refractivity contribution in [3.63, 3.8) is 0 Å². The van der Waals surface area contributed by atoms with Crippen molar-refractivity contribution in [2.45, 2.75) is 31.8 Å². The third-order valence-corrected chi connectivity index (χ3v) is 7.19. The van der Waals surface area contributed by atoms with Crippen LogP contribution in [0.1, 0.15) is 34.3 Å². The number of amides is 3. The van der Waals surface area contributed by atoms with E-state index >= 15 is 4.39 Å². The number of hydrogen-bond donors (Lipinski definition) is 1. The topological polar surface area (TPSA) is 73.0 Å². The molecule has 7 nitrogen and oxygen atoms in total. The van der Waals surface area contributed by atoms with Crippen molar-refractivity contribution >= 4 is 35.0 Å². The van der Waals surface area contributed by atoms with Crippen LogP contribution in [0.25, 0.3) is 0 Å². The third kappa shape index (κ3) is 4.52. The Labute approximate surface area is 202 Å². The number of benzene rings is 2. The normalized spacial score (nSPS) is 21.1. The maximum atomic E-state index is 15.0. The number of piperidine rings is 1. The van der Waals surface area contributed by atoms with Crippen LogP contribution in [0.4, 0.5) is 10.1 Å². The molecule has 2 aromatic carbocycles. The number of imide groups is 1. The minimum absolute atomic E-state index is 0.193. The Morgan fingerprint density at radius 1 is 1.03 bits per heavy atom. The standard InChI is InChI=1S/C25H26ClFN4O3/c26-18-3-1-16(2-4-18)7-8-29-9-11-30(12-10-29)22-13-17-15-31(25(34)19(17)14-20(22)27)21-5-6-23(32)28-24(21)33/h1-4,13-14,21H,5-12,15H2,(H,28,32,33). The van der Waals surface area contributed by atoms with Gasteiger partial charge in [-0.05, 0) is 48.2 Å². The van der Waals surface area contributed by atoms with Gasteiger partial charge in [0.05, 0.1) is 5.69 Å². The van der Waals surface area contributed by atoms with Gasteiger partial charge in [0.2, 0.25) is 11.8 Å². The highest BCUT2D eigenvalue weighted by Crippen LogP contribution is 2.33. The van der Waals surface area contributed by atoms with Crippen LogP contribution in [0, 0.1) is 5.82 Å². The van der Waals surface area contributed by atoms with Gasteiger partial charge in [-0.2, -0.15) is 0 Å². The first-order valence-electron chi connectivity index (χ1n) is 11.6. The quantitative estimate of drug-likeness (QED) is 0.660. The number of rotatable bonds is 5. The van der Waals surface area contributed by atoms with Crippen molar-refractivity contribution in [2.75, 3.05) is 37.6 Å². The molecule has 0 aliphatic carbocycles. The van der Waals surface area contributed by atoms with Gasteiger partial charge in [-0.1, -0.05) is 23.7 Å². The molecule has 9 heteroatoms. The van der Waals surface area contributed by atoms with Crippen LogP contribution in [0.3, 0.4) is 0 Å². The zero-order valence-corrected chi connectivity index (χ0v) is 19.5. The molecule has 34 heavy (non-hydrogen) atoms. The first kappa shape index (κ1) is 22.8. The van der Waals surface area contributed by atoms with Crippen molar-refractivity contribution in [3.8, 4) is 0 Å². The molecule has 3 heterocycles. The number of carbonyl (C=O) groups is 3. The van der Waals surface area contributed by atoms with Gasteiger partial charge in [-0.3, -0.25) is 24.6 Å². The number of nitrogens with one attached hydrogen (secondary N) is 1. The minimum Gasteiger partial charge on any atom is -0.367 e. The lowest BCUT2D eigenvalue weighted by Crippen LogP contribution is -2.52. The number of anilines is 1. The van der Waals surface area contributed by atoms with E-state index in [1.807, 2.05) is 29.2 Å². The molecular weight excluding hydrogens is 459 g/mol. The fraction of sp³-hybridized carbons (Fsp3) is 0.400. The molecule has 2 fully saturated rings. The number of carbonyl (C=O) groups excluding carboxylic acids is 3. The summed E-state index contributed by atoms with van der Waals surface area (Å²) < 4.78 is 15.0. The SMILES string of the molecule is O=C1CCC(N2Cc3cc(N4CCN(CCc5ccc(Cl)cc5)CC4)c(F)cc3C2=O)C(=O)N1. The van der Waals surface area contributed by atoms with Crippen molar-refractivity contribution < 1.29 is 18.8 Å². The van der Waals surface area contributed by atoms with E-state index in [1.165, 1.54) is 16.5 Å². The molecule has 0 spiro atoms. The van der Waals surface area contributed by atoms with Crippen molar-refractivity contribution in [1.82, 2.24) is 15.1 Å². The summed E-state index contributed by atoms with van der Waals surface area (Å²) in [5.74, 6) is -1.58. The van der Waals surface area contributed by atoms with Crippen LogP contribution in [-0.4, -0.2) is 66.3 Å². The molecule has 3 aliphatic rings. The van der Waals surface area contributed by atoms with Crippen molar-refractivity contribution in [1.29, 1.82) is 0 Å². The van der Waals surface area contributed by atoms with Crippen LogP contribution in [0.2, 0.25) is 5.02 Å². The van der Waals surface area contributed by atoms with Gasteiger partial charge in [-0.15, -0.1) is 0 Å². The van der Waals surface area contributed by atoms with Gasteiger partial charge >= 0.3 is 0 Å². The predicted octanol–water partition coefficient (Wildman–Crippen LogP) is 2.60. The van der Waals surface area contributed by atoms with Gasteiger partial charge < -0.3 is 9.80 Å². The molecule has 1 atom stereocenters. The van der Waals surface area contributed by atoms with E-state index in [1.54, 1.807) is 6.07 Å². The van der Waals surface area contributed by atoms with E-state index in [2.05, 4.69) is 10.2 Å². The minimum atomic E-state index is -0.701. The maximum absolute atomic E-state index is 15.0. The molecule has 0 radical (unpaired) electrons. The van der Waals surface area contributed by atoms with E-state index in [0.29, 0.717) is 24.3 Å². The number of fused-ring (bicyclic) bond motifs is 1. The van der Waals surface area contributed by atoms with Crippen LogP contribution in [0.5, 0.6) is 0 Å². The zero-order valence-electron chi connectivity index (χ0n) is 18.7. The molecule has 0 bridgehead atoms. The number of piperazine rings is 1. The summed E-state index contributed by atoms with van der Waals surface area (Å²) in [6.07, 6.45) is 1.42. The Kier molecular flexibility index (Phi) is 6.27. The maximum Gasteiger partial charge on any atom is 0.255 e. The Hall–Kier alpha value is -2.97. The second kappa shape index (κ2) is 9.35. The zero-order chi connectivity index (χ0) is 23.8.